The van der Waals surface area contributed by atoms with Crippen molar-refractivity contribution in [3.8, 4) is 17.6 Å². The van der Waals surface area contributed by atoms with Crippen LogP contribution in [0.4, 0.5) is 0 Å². The molecule has 1 aromatic carbocycles. The fourth-order valence-electron chi connectivity index (χ4n) is 1.30. The largest absolute Gasteiger partial charge is 0.493 e. The average molecular weight is 221 g/mol. The lowest BCUT2D eigenvalue weighted by molar-refractivity contribution is 0.228. The minimum atomic E-state index is 0.289. The molecule has 1 aliphatic rings. The third-order valence-electron chi connectivity index (χ3n) is 2.19. The van der Waals surface area contributed by atoms with Crippen LogP contribution in [0.3, 0.4) is 0 Å². The Hall–Kier alpha value is -1.34. The van der Waals surface area contributed by atoms with Crippen molar-refractivity contribution in [2.75, 3.05) is 18.6 Å². The second-order valence-electron chi connectivity index (χ2n) is 3.25. The van der Waals surface area contributed by atoms with Crippen LogP contribution in [0.15, 0.2) is 18.2 Å². The molecule has 0 radical (unpaired) electrons. The SMILES string of the molecule is COc1cc(C#N)ccc1OC1CSC1. The van der Waals surface area contributed by atoms with E-state index in [4.69, 9.17) is 14.7 Å². The predicted octanol–water partition coefficient (Wildman–Crippen LogP) is 2.06. The lowest BCUT2D eigenvalue weighted by Crippen LogP contribution is -2.31. The Labute approximate surface area is 93.0 Å². The van der Waals surface area contributed by atoms with Gasteiger partial charge >= 0.3 is 0 Å². The van der Waals surface area contributed by atoms with Gasteiger partial charge in [0.05, 0.1) is 18.7 Å². The molecule has 0 aromatic heterocycles. The minimum Gasteiger partial charge on any atom is -0.493 e. The molecule has 0 bridgehead atoms. The van der Waals surface area contributed by atoms with E-state index in [1.165, 1.54) is 0 Å². The van der Waals surface area contributed by atoms with E-state index in [2.05, 4.69) is 6.07 Å². The molecule has 1 aliphatic heterocycles. The highest BCUT2D eigenvalue weighted by Crippen LogP contribution is 2.31. The monoisotopic (exact) mass is 221 g/mol. The fourth-order valence-corrected chi connectivity index (χ4v) is 1.86. The van der Waals surface area contributed by atoms with E-state index in [0.29, 0.717) is 11.3 Å². The number of nitriles is 1. The molecule has 4 heteroatoms. The van der Waals surface area contributed by atoms with Gasteiger partial charge in [0.15, 0.2) is 11.5 Å². The van der Waals surface area contributed by atoms with E-state index in [0.717, 1.165) is 17.3 Å². The number of methoxy groups -OCH3 is 1. The van der Waals surface area contributed by atoms with Gasteiger partial charge in [-0.15, -0.1) is 0 Å². The first-order valence-corrected chi connectivity index (χ1v) is 5.81. The maximum atomic E-state index is 8.74. The normalized spacial score (nSPS) is 15.2. The zero-order valence-corrected chi connectivity index (χ0v) is 9.21. The Bertz CT molecular complexity index is 396. The molecule has 3 nitrogen and oxygen atoms in total. The van der Waals surface area contributed by atoms with E-state index >= 15 is 0 Å². The van der Waals surface area contributed by atoms with Crippen LogP contribution in [-0.2, 0) is 0 Å². The summed E-state index contributed by atoms with van der Waals surface area (Å²) in [5, 5.41) is 8.74. The second kappa shape index (κ2) is 4.45. The van der Waals surface area contributed by atoms with E-state index in [9.17, 15) is 0 Å². The first-order valence-electron chi connectivity index (χ1n) is 4.66. The van der Waals surface area contributed by atoms with Gasteiger partial charge < -0.3 is 9.47 Å². The van der Waals surface area contributed by atoms with E-state index in [-0.39, 0.29) is 6.10 Å². The third kappa shape index (κ3) is 2.18. The fraction of sp³-hybridized carbons (Fsp3) is 0.364. The Morgan fingerprint density at radius 3 is 2.73 bits per heavy atom. The predicted molar refractivity (Wildman–Crippen MR) is 59.5 cm³/mol. The minimum absolute atomic E-state index is 0.289. The standard InChI is InChI=1S/C11H11NO2S/c1-13-11-4-8(5-12)2-3-10(11)14-9-6-15-7-9/h2-4,9H,6-7H2,1H3. The first-order chi connectivity index (χ1) is 7.33. The zero-order valence-electron chi connectivity index (χ0n) is 8.40. The van der Waals surface area contributed by atoms with E-state index < -0.39 is 0 Å². The van der Waals surface area contributed by atoms with Gasteiger partial charge in [-0.3, -0.25) is 0 Å². The molecule has 0 aliphatic carbocycles. The maximum Gasteiger partial charge on any atom is 0.162 e. The Morgan fingerprint density at radius 2 is 2.20 bits per heavy atom. The lowest BCUT2D eigenvalue weighted by Gasteiger charge is -2.26. The molecule has 0 spiro atoms. The highest BCUT2D eigenvalue weighted by Gasteiger charge is 2.21. The van der Waals surface area contributed by atoms with Crippen molar-refractivity contribution in [3.63, 3.8) is 0 Å². The van der Waals surface area contributed by atoms with E-state index in [1.54, 1.807) is 25.3 Å². The number of thioether (sulfide) groups is 1. The number of hydrogen-bond acceptors (Lipinski definition) is 4. The van der Waals surface area contributed by atoms with Gasteiger partial charge in [0.25, 0.3) is 0 Å². The Morgan fingerprint density at radius 1 is 1.40 bits per heavy atom. The molecule has 0 atom stereocenters. The molecule has 1 fully saturated rings. The molecule has 15 heavy (non-hydrogen) atoms. The van der Waals surface area contributed by atoms with Crippen molar-refractivity contribution < 1.29 is 9.47 Å². The van der Waals surface area contributed by atoms with Crippen LogP contribution in [0.5, 0.6) is 11.5 Å². The number of benzene rings is 1. The van der Waals surface area contributed by atoms with Crippen LogP contribution in [0.1, 0.15) is 5.56 Å². The summed E-state index contributed by atoms with van der Waals surface area (Å²) in [7, 11) is 1.58. The molecule has 1 aromatic rings. The number of nitrogens with zero attached hydrogens (tertiary/aromatic N) is 1. The molecule has 0 N–H and O–H groups in total. The summed E-state index contributed by atoms with van der Waals surface area (Å²) in [4.78, 5) is 0. The second-order valence-corrected chi connectivity index (χ2v) is 4.33. The lowest BCUT2D eigenvalue weighted by atomic mass is 10.2. The van der Waals surface area contributed by atoms with Gasteiger partial charge in [-0.25, -0.2) is 0 Å². The molecule has 78 valence electrons. The van der Waals surface area contributed by atoms with Gasteiger partial charge in [-0.05, 0) is 12.1 Å². The summed E-state index contributed by atoms with van der Waals surface area (Å²) in [6, 6.07) is 7.30. The van der Waals surface area contributed by atoms with Crippen molar-refractivity contribution in [1.82, 2.24) is 0 Å². The number of ether oxygens (including phenoxy) is 2. The summed E-state index contributed by atoms with van der Waals surface area (Å²) in [5.41, 5.74) is 0.585. The van der Waals surface area contributed by atoms with Gasteiger partial charge in [-0.2, -0.15) is 17.0 Å². The Balaban J connectivity index is 2.18. The maximum absolute atomic E-state index is 8.74. The van der Waals surface area contributed by atoms with E-state index in [1.807, 2.05) is 11.8 Å². The summed E-state index contributed by atoms with van der Waals surface area (Å²) in [5.74, 6) is 3.42. The van der Waals surface area contributed by atoms with Gasteiger partial charge in [-0.1, -0.05) is 0 Å². The van der Waals surface area contributed by atoms with Crippen LogP contribution in [0, 0.1) is 11.3 Å². The molecule has 0 unspecified atom stereocenters. The van der Waals surface area contributed by atoms with Gasteiger partial charge in [0.2, 0.25) is 0 Å². The summed E-state index contributed by atoms with van der Waals surface area (Å²) >= 11 is 1.87. The molecule has 1 heterocycles. The molecule has 1 saturated heterocycles. The number of rotatable bonds is 3. The van der Waals surface area contributed by atoms with Crippen molar-refractivity contribution in [2.45, 2.75) is 6.10 Å². The highest BCUT2D eigenvalue weighted by molar-refractivity contribution is 8.00. The first kappa shape index (κ1) is 10.2. The molecular weight excluding hydrogens is 210 g/mol. The third-order valence-corrected chi connectivity index (χ3v) is 3.41. The summed E-state index contributed by atoms with van der Waals surface area (Å²) < 4.78 is 10.9. The van der Waals surface area contributed by atoms with Crippen LogP contribution >= 0.6 is 11.8 Å². The quantitative estimate of drug-likeness (QED) is 0.783. The molecular formula is C11H11NO2S. The average Bonchev–Trinajstić information content (AvgIpc) is 2.23. The van der Waals surface area contributed by atoms with Crippen molar-refractivity contribution in [2.24, 2.45) is 0 Å². The highest BCUT2D eigenvalue weighted by atomic mass is 32.2. The van der Waals surface area contributed by atoms with Gasteiger partial charge in [0.1, 0.15) is 6.10 Å². The Kier molecular flexibility index (Phi) is 3.02. The smallest absolute Gasteiger partial charge is 0.162 e. The molecule has 0 amide bonds. The topological polar surface area (TPSA) is 42.2 Å². The molecule has 2 rings (SSSR count). The number of hydrogen-bond donors (Lipinski definition) is 0. The summed E-state index contributed by atoms with van der Waals surface area (Å²) in [6.45, 7) is 0. The van der Waals surface area contributed by atoms with Crippen LogP contribution in [0.25, 0.3) is 0 Å². The molecule has 0 saturated carbocycles. The van der Waals surface area contributed by atoms with Crippen LogP contribution in [-0.4, -0.2) is 24.7 Å². The van der Waals surface area contributed by atoms with Crippen molar-refractivity contribution in [1.29, 1.82) is 5.26 Å². The van der Waals surface area contributed by atoms with Crippen molar-refractivity contribution in [3.05, 3.63) is 23.8 Å². The van der Waals surface area contributed by atoms with Crippen LogP contribution < -0.4 is 9.47 Å². The van der Waals surface area contributed by atoms with Gasteiger partial charge in [0, 0.05) is 17.6 Å². The van der Waals surface area contributed by atoms with Crippen LogP contribution in [0.2, 0.25) is 0 Å². The zero-order chi connectivity index (χ0) is 10.7. The van der Waals surface area contributed by atoms with Crippen molar-refractivity contribution >= 4 is 11.8 Å². The summed E-state index contributed by atoms with van der Waals surface area (Å²) in [6.07, 6.45) is 0.289.